The molecule has 2 heterocycles. The van der Waals surface area contributed by atoms with Gasteiger partial charge in [-0.25, -0.2) is 0 Å². The Hall–Kier alpha value is -7.16. The predicted molar refractivity (Wildman–Crippen MR) is 227 cm³/mol. The van der Waals surface area contributed by atoms with Crippen LogP contribution in [0.1, 0.15) is 0 Å². The summed E-state index contributed by atoms with van der Waals surface area (Å²) in [4.78, 5) is 0. The Labute approximate surface area is 310 Å². The van der Waals surface area contributed by atoms with Gasteiger partial charge in [0.25, 0.3) is 0 Å². The van der Waals surface area contributed by atoms with Crippen LogP contribution in [0.2, 0.25) is 0 Å². The molecule has 2 heteroatoms. The minimum absolute atomic E-state index is 0.853. The van der Waals surface area contributed by atoms with Gasteiger partial charge in [0.2, 0.25) is 0 Å². The normalized spacial score (nSPS) is 12.1. The van der Waals surface area contributed by atoms with E-state index in [-0.39, 0.29) is 0 Å². The molecule has 0 unspecified atom stereocenters. The van der Waals surface area contributed by atoms with E-state index in [1.54, 1.807) is 0 Å². The number of para-hydroxylation sites is 1. The predicted octanol–water partition coefficient (Wildman–Crippen LogP) is 15.1. The second-order valence-electron chi connectivity index (χ2n) is 14.3. The van der Waals surface area contributed by atoms with Crippen molar-refractivity contribution in [3.8, 4) is 33.4 Å². The Kier molecular flexibility index (Phi) is 6.09. The molecule has 2 aromatic heterocycles. The SMILES string of the molecule is c1ccc(-c2cc(-c3c4ccccc4c(-c4cc5ccccc5c5ccccc45)c4ccccc34)cc3c2oc2ccc4oc5ccccc5c4c23)cc1. The summed E-state index contributed by atoms with van der Waals surface area (Å²) in [5, 5.41) is 14.3. The molecule has 2 nitrogen and oxygen atoms in total. The molecular weight excluding hydrogens is 657 g/mol. The Bertz CT molecular complexity index is 3430. The van der Waals surface area contributed by atoms with E-state index in [1.807, 2.05) is 18.2 Å². The smallest absolute Gasteiger partial charge is 0.143 e. The fraction of sp³-hybridized carbons (Fsp3) is 0. The summed E-state index contributed by atoms with van der Waals surface area (Å²) in [6.07, 6.45) is 0. The highest BCUT2D eigenvalue weighted by molar-refractivity contribution is 6.29. The molecule has 0 saturated heterocycles. The standard InChI is InChI=1S/C52H30O2/c1-2-14-31(15-3-1)42-29-33(30-44-51-47(54-52(42)44)27-26-46-50(51)41-24-12-13-25-45(41)53-46)48-37-20-8-10-22-39(37)49(40-23-11-9-21-38(40)48)43-28-32-16-4-5-17-34(32)35-18-6-7-19-36(35)43/h1-30H. The maximum absolute atomic E-state index is 6.84. The number of hydrogen-bond acceptors (Lipinski definition) is 2. The van der Waals surface area contributed by atoms with Gasteiger partial charge in [0.1, 0.15) is 22.3 Å². The van der Waals surface area contributed by atoms with Crippen LogP contribution in [0.25, 0.3) is 120 Å². The Morgan fingerprint density at radius 2 is 0.815 bits per heavy atom. The van der Waals surface area contributed by atoms with Gasteiger partial charge >= 0.3 is 0 Å². The lowest BCUT2D eigenvalue weighted by molar-refractivity contribution is 0.663. The minimum Gasteiger partial charge on any atom is -0.456 e. The molecule has 0 aliphatic rings. The summed E-state index contributed by atoms with van der Waals surface area (Å²) >= 11 is 0. The van der Waals surface area contributed by atoms with E-state index >= 15 is 0 Å². The van der Waals surface area contributed by atoms with E-state index in [0.29, 0.717) is 0 Å². The second kappa shape index (κ2) is 11.2. The quantitative estimate of drug-likeness (QED) is 0.137. The van der Waals surface area contributed by atoms with Crippen molar-refractivity contribution < 1.29 is 8.83 Å². The van der Waals surface area contributed by atoms with Crippen molar-refractivity contribution in [1.82, 2.24) is 0 Å². The van der Waals surface area contributed by atoms with Gasteiger partial charge in [0, 0.05) is 27.1 Å². The van der Waals surface area contributed by atoms with Gasteiger partial charge in [-0.2, -0.15) is 0 Å². The molecule has 0 aliphatic carbocycles. The van der Waals surface area contributed by atoms with Crippen molar-refractivity contribution >= 4 is 87.0 Å². The summed E-state index contributed by atoms with van der Waals surface area (Å²) in [5.41, 5.74) is 10.5. The first-order chi connectivity index (χ1) is 26.8. The zero-order chi connectivity index (χ0) is 35.3. The lowest BCUT2D eigenvalue weighted by Crippen LogP contribution is -1.93. The van der Waals surface area contributed by atoms with Gasteiger partial charge in [-0.1, -0.05) is 146 Å². The van der Waals surface area contributed by atoms with E-state index in [0.717, 1.165) is 60.6 Å². The summed E-state index contributed by atoms with van der Waals surface area (Å²) in [6, 6.07) is 65.6. The Morgan fingerprint density at radius 3 is 1.54 bits per heavy atom. The van der Waals surface area contributed by atoms with Gasteiger partial charge in [-0.3, -0.25) is 0 Å². The van der Waals surface area contributed by atoms with Crippen molar-refractivity contribution in [3.05, 3.63) is 182 Å². The molecule has 0 aliphatic heterocycles. The number of fused-ring (bicyclic) bond motifs is 12. The number of benzene rings is 10. The van der Waals surface area contributed by atoms with Crippen molar-refractivity contribution in [2.75, 3.05) is 0 Å². The molecule has 0 saturated carbocycles. The maximum Gasteiger partial charge on any atom is 0.143 e. The zero-order valence-corrected chi connectivity index (χ0v) is 29.1. The lowest BCUT2D eigenvalue weighted by Gasteiger charge is -2.20. The summed E-state index contributed by atoms with van der Waals surface area (Å²) in [5.74, 6) is 0. The summed E-state index contributed by atoms with van der Waals surface area (Å²) in [6.45, 7) is 0. The average molecular weight is 687 g/mol. The molecule has 0 atom stereocenters. The molecule has 0 N–H and O–H groups in total. The number of rotatable bonds is 3. The third kappa shape index (κ3) is 4.11. The maximum atomic E-state index is 6.84. The largest absolute Gasteiger partial charge is 0.456 e. The van der Waals surface area contributed by atoms with Gasteiger partial charge in [0.05, 0.1) is 0 Å². The number of hydrogen-bond donors (Lipinski definition) is 0. The van der Waals surface area contributed by atoms with E-state index in [2.05, 4.69) is 164 Å². The van der Waals surface area contributed by atoms with Crippen molar-refractivity contribution in [2.24, 2.45) is 0 Å². The van der Waals surface area contributed by atoms with Crippen LogP contribution in [0.15, 0.2) is 191 Å². The fourth-order valence-electron chi connectivity index (χ4n) is 9.15. The third-order valence-corrected chi connectivity index (χ3v) is 11.4. The molecule has 10 aromatic carbocycles. The first-order valence-electron chi connectivity index (χ1n) is 18.5. The highest BCUT2D eigenvalue weighted by atomic mass is 16.3. The second-order valence-corrected chi connectivity index (χ2v) is 14.3. The van der Waals surface area contributed by atoms with Crippen LogP contribution in [-0.2, 0) is 0 Å². The highest BCUT2D eigenvalue weighted by Crippen LogP contribution is 2.49. The van der Waals surface area contributed by atoms with Crippen molar-refractivity contribution in [3.63, 3.8) is 0 Å². The molecule has 0 spiro atoms. The molecule has 0 amide bonds. The van der Waals surface area contributed by atoms with Crippen LogP contribution in [-0.4, -0.2) is 0 Å². The van der Waals surface area contributed by atoms with Gasteiger partial charge in [-0.15, -0.1) is 0 Å². The molecule has 12 rings (SSSR count). The molecule has 250 valence electrons. The van der Waals surface area contributed by atoms with E-state index in [9.17, 15) is 0 Å². The van der Waals surface area contributed by atoms with Crippen LogP contribution < -0.4 is 0 Å². The lowest BCUT2D eigenvalue weighted by atomic mass is 9.83. The number of furan rings is 2. The van der Waals surface area contributed by atoms with Crippen LogP contribution in [0.3, 0.4) is 0 Å². The van der Waals surface area contributed by atoms with Crippen LogP contribution in [0.4, 0.5) is 0 Å². The molecule has 12 aromatic rings. The topological polar surface area (TPSA) is 26.3 Å². The van der Waals surface area contributed by atoms with E-state index < -0.39 is 0 Å². The Morgan fingerprint density at radius 1 is 0.278 bits per heavy atom. The first-order valence-corrected chi connectivity index (χ1v) is 18.5. The van der Waals surface area contributed by atoms with E-state index in [4.69, 9.17) is 8.83 Å². The van der Waals surface area contributed by atoms with Crippen LogP contribution in [0, 0.1) is 0 Å². The molecule has 0 bridgehead atoms. The van der Waals surface area contributed by atoms with Crippen molar-refractivity contribution in [1.29, 1.82) is 0 Å². The molecule has 54 heavy (non-hydrogen) atoms. The molecular formula is C52H30O2. The Balaban J connectivity index is 1.25. The van der Waals surface area contributed by atoms with Crippen molar-refractivity contribution in [2.45, 2.75) is 0 Å². The molecule has 0 fully saturated rings. The van der Waals surface area contributed by atoms with Gasteiger partial charge in [0.15, 0.2) is 0 Å². The average Bonchev–Trinajstić information content (AvgIpc) is 3.81. The monoisotopic (exact) mass is 686 g/mol. The van der Waals surface area contributed by atoms with Crippen LogP contribution in [0.5, 0.6) is 0 Å². The zero-order valence-electron chi connectivity index (χ0n) is 29.1. The summed E-state index contributed by atoms with van der Waals surface area (Å²) < 4.78 is 13.2. The van der Waals surface area contributed by atoms with E-state index in [1.165, 1.54) is 59.8 Å². The first kappa shape index (κ1) is 29.4. The van der Waals surface area contributed by atoms with Gasteiger partial charge in [-0.05, 0) is 107 Å². The summed E-state index contributed by atoms with van der Waals surface area (Å²) in [7, 11) is 0. The van der Waals surface area contributed by atoms with Crippen LogP contribution >= 0.6 is 0 Å². The minimum atomic E-state index is 0.853. The van der Waals surface area contributed by atoms with Gasteiger partial charge < -0.3 is 8.83 Å². The fourth-order valence-corrected chi connectivity index (χ4v) is 9.15. The third-order valence-electron chi connectivity index (χ3n) is 11.4. The highest BCUT2D eigenvalue weighted by Gasteiger charge is 2.23. The molecule has 0 radical (unpaired) electrons.